The number of pyridine rings is 1. The van der Waals surface area contributed by atoms with E-state index >= 15 is 0 Å². The minimum atomic E-state index is -0.239. The highest BCUT2D eigenvalue weighted by Crippen LogP contribution is 2.20. The summed E-state index contributed by atoms with van der Waals surface area (Å²) in [6.07, 6.45) is 1.52. The number of carbonyl (C=O) groups excluding carboxylic acids is 1. The highest BCUT2D eigenvalue weighted by molar-refractivity contribution is 9.10. The Hall–Kier alpha value is -1.88. The molecule has 1 amide bonds. The van der Waals surface area contributed by atoms with E-state index in [1.807, 2.05) is 25.1 Å². The van der Waals surface area contributed by atoms with Gasteiger partial charge in [-0.3, -0.25) is 9.59 Å². The van der Waals surface area contributed by atoms with Gasteiger partial charge in [-0.15, -0.1) is 0 Å². The summed E-state index contributed by atoms with van der Waals surface area (Å²) in [6.45, 7) is 1.95. The molecule has 2 aromatic rings. The quantitative estimate of drug-likeness (QED) is 0.925. The lowest BCUT2D eigenvalue weighted by molar-refractivity contribution is 0.102. The molecule has 1 N–H and O–H groups in total. The molecule has 0 spiro atoms. The average molecular weight is 321 g/mol. The van der Waals surface area contributed by atoms with Gasteiger partial charge in [0.05, 0.1) is 5.56 Å². The summed E-state index contributed by atoms with van der Waals surface area (Å²) in [6, 6.07) is 8.47. The number of carbonyl (C=O) groups is 1. The van der Waals surface area contributed by atoms with Gasteiger partial charge in [-0.05, 0) is 36.8 Å². The number of benzene rings is 1. The van der Waals surface area contributed by atoms with Crippen LogP contribution < -0.4 is 10.9 Å². The second-order valence-electron chi connectivity index (χ2n) is 4.29. The van der Waals surface area contributed by atoms with E-state index in [0.717, 1.165) is 15.7 Å². The predicted molar refractivity (Wildman–Crippen MR) is 78.5 cm³/mol. The van der Waals surface area contributed by atoms with Gasteiger partial charge in [0.1, 0.15) is 0 Å². The molecule has 0 saturated heterocycles. The molecule has 0 aliphatic carbocycles. The summed E-state index contributed by atoms with van der Waals surface area (Å²) in [5, 5.41) is 2.80. The van der Waals surface area contributed by atoms with E-state index in [-0.39, 0.29) is 11.5 Å². The highest BCUT2D eigenvalue weighted by Gasteiger charge is 2.07. The van der Waals surface area contributed by atoms with Crippen molar-refractivity contribution in [3.63, 3.8) is 0 Å². The number of halogens is 1. The molecule has 2 rings (SSSR count). The minimum Gasteiger partial charge on any atom is -0.322 e. The average Bonchev–Trinajstić information content (AvgIpc) is 2.37. The minimum absolute atomic E-state index is 0.143. The van der Waals surface area contributed by atoms with Crippen molar-refractivity contribution in [2.75, 3.05) is 5.32 Å². The van der Waals surface area contributed by atoms with Crippen molar-refractivity contribution in [1.29, 1.82) is 0 Å². The summed E-state index contributed by atoms with van der Waals surface area (Å²) >= 11 is 3.41. The maximum absolute atomic E-state index is 12.0. The van der Waals surface area contributed by atoms with Gasteiger partial charge in [-0.1, -0.05) is 15.9 Å². The predicted octanol–water partition coefficient (Wildman–Crippen LogP) is 2.71. The van der Waals surface area contributed by atoms with E-state index < -0.39 is 0 Å². The van der Waals surface area contributed by atoms with Crippen LogP contribution in [0.3, 0.4) is 0 Å². The second-order valence-corrected chi connectivity index (χ2v) is 5.14. The maximum atomic E-state index is 12.0. The lowest BCUT2D eigenvalue weighted by Gasteiger charge is -2.08. The maximum Gasteiger partial charge on any atom is 0.257 e. The lowest BCUT2D eigenvalue weighted by atomic mass is 10.2. The molecule has 0 aliphatic rings. The first-order chi connectivity index (χ1) is 8.97. The van der Waals surface area contributed by atoms with Gasteiger partial charge < -0.3 is 9.88 Å². The zero-order valence-electron chi connectivity index (χ0n) is 10.6. The third kappa shape index (κ3) is 3.12. The Bertz CT molecular complexity index is 692. The molecule has 0 radical (unpaired) electrons. The normalized spacial score (nSPS) is 10.3. The van der Waals surface area contributed by atoms with E-state index in [9.17, 15) is 9.59 Å². The molecule has 0 bridgehead atoms. The Morgan fingerprint density at radius 3 is 2.63 bits per heavy atom. The molecule has 19 heavy (non-hydrogen) atoms. The Balaban J connectivity index is 2.22. The van der Waals surface area contributed by atoms with E-state index in [2.05, 4.69) is 21.2 Å². The topological polar surface area (TPSA) is 51.1 Å². The summed E-state index contributed by atoms with van der Waals surface area (Å²) in [5.74, 6) is -0.239. The molecule has 4 nitrogen and oxygen atoms in total. The van der Waals surface area contributed by atoms with E-state index in [1.54, 1.807) is 7.05 Å². The third-order valence-electron chi connectivity index (χ3n) is 2.76. The van der Waals surface area contributed by atoms with Crippen molar-refractivity contribution < 1.29 is 4.79 Å². The number of rotatable bonds is 2. The summed E-state index contributed by atoms with van der Waals surface area (Å²) in [5.41, 5.74) is 2.07. The number of nitrogens with one attached hydrogen (secondary N) is 1. The molecule has 5 heteroatoms. The highest BCUT2D eigenvalue weighted by atomic mass is 79.9. The first-order valence-electron chi connectivity index (χ1n) is 5.71. The fourth-order valence-corrected chi connectivity index (χ4v) is 1.90. The van der Waals surface area contributed by atoms with E-state index in [0.29, 0.717) is 5.56 Å². The molecule has 0 fully saturated rings. The Labute approximate surface area is 119 Å². The monoisotopic (exact) mass is 320 g/mol. The molecule has 0 saturated carbocycles. The van der Waals surface area contributed by atoms with Crippen LogP contribution in [0.25, 0.3) is 0 Å². The molecule has 1 heterocycles. The zero-order chi connectivity index (χ0) is 14.0. The van der Waals surface area contributed by atoms with Crippen molar-refractivity contribution in [1.82, 2.24) is 4.57 Å². The van der Waals surface area contributed by atoms with Crippen LogP contribution in [0.15, 0.2) is 45.8 Å². The van der Waals surface area contributed by atoms with Crippen LogP contribution in [-0.4, -0.2) is 10.5 Å². The summed E-state index contributed by atoms with van der Waals surface area (Å²) in [4.78, 5) is 23.3. The van der Waals surface area contributed by atoms with Gasteiger partial charge in [-0.25, -0.2) is 0 Å². The Morgan fingerprint density at radius 2 is 2.00 bits per heavy atom. The third-order valence-corrected chi connectivity index (χ3v) is 3.65. The molecule has 1 aromatic carbocycles. The van der Waals surface area contributed by atoms with Gasteiger partial charge in [0.25, 0.3) is 5.91 Å². The Kier molecular flexibility index (Phi) is 3.85. The number of hydrogen-bond acceptors (Lipinski definition) is 2. The Morgan fingerprint density at radius 1 is 1.26 bits per heavy atom. The molecule has 98 valence electrons. The van der Waals surface area contributed by atoms with Crippen LogP contribution in [0.2, 0.25) is 0 Å². The molecular weight excluding hydrogens is 308 g/mol. The van der Waals surface area contributed by atoms with Crippen molar-refractivity contribution >= 4 is 27.5 Å². The second kappa shape index (κ2) is 5.40. The van der Waals surface area contributed by atoms with E-state index in [1.165, 1.54) is 22.9 Å². The van der Waals surface area contributed by atoms with Crippen LogP contribution in [0.1, 0.15) is 15.9 Å². The van der Waals surface area contributed by atoms with Crippen LogP contribution >= 0.6 is 15.9 Å². The van der Waals surface area contributed by atoms with Crippen LogP contribution in [0, 0.1) is 6.92 Å². The van der Waals surface area contributed by atoms with Gasteiger partial charge in [-0.2, -0.15) is 0 Å². The van der Waals surface area contributed by atoms with Crippen molar-refractivity contribution in [3.05, 3.63) is 62.5 Å². The number of hydrogen-bond donors (Lipinski definition) is 1. The van der Waals surface area contributed by atoms with Gasteiger partial charge >= 0.3 is 0 Å². The standard InChI is InChI=1S/C14H13BrN2O2/c1-9-7-11(4-5-12(9)15)16-14(19)10-3-6-13(18)17(2)8-10/h3-8H,1-2H3,(H,16,19). The number of amides is 1. The van der Waals surface area contributed by atoms with Crippen molar-refractivity contribution in [2.45, 2.75) is 6.92 Å². The van der Waals surface area contributed by atoms with Crippen LogP contribution in [0.4, 0.5) is 5.69 Å². The van der Waals surface area contributed by atoms with Gasteiger partial charge in [0.15, 0.2) is 0 Å². The first-order valence-corrected chi connectivity index (χ1v) is 6.51. The van der Waals surface area contributed by atoms with Crippen LogP contribution in [-0.2, 0) is 7.05 Å². The van der Waals surface area contributed by atoms with Crippen molar-refractivity contribution in [3.8, 4) is 0 Å². The molecule has 0 unspecified atom stereocenters. The molecule has 0 atom stereocenters. The van der Waals surface area contributed by atoms with Crippen LogP contribution in [0.5, 0.6) is 0 Å². The fourth-order valence-electron chi connectivity index (χ4n) is 1.65. The van der Waals surface area contributed by atoms with Gasteiger partial charge in [0.2, 0.25) is 5.56 Å². The number of anilines is 1. The molecule has 1 aromatic heterocycles. The SMILES string of the molecule is Cc1cc(NC(=O)c2ccc(=O)n(C)c2)ccc1Br. The smallest absolute Gasteiger partial charge is 0.257 e. The molecular formula is C14H13BrN2O2. The number of nitrogens with zero attached hydrogens (tertiary/aromatic N) is 1. The largest absolute Gasteiger partial charge is 0.322 e. The number of aryl methyl sites for hydroxylation is 2. The summed E-state index contributed by atoms with van der Waals surface area (Å²) < 4.78 is 2.37. The fraction of sp³-hybridized carbons (Fsp3) is 0.143. The summed E-state index contributed by atoms with van der Waals surface area (Å²) in [7, 11) is 1.61. The van der Waals surface area contributed by atoms with E-state index in [4.69, 9.17) is 0 Å². The number of aromatic nitrogens is 1. The first kappa shape index (κ1) is 13.5. The van der Waals surface area contributed by atoms with Crippen molar-refractivity contribution in [2.24, 2.45) is 7.05 Å². The van der Waals surface area contributed by atoms with Gasteiger partial charge in [0, 0.05) is 29.5 Å². The lowest BCUT2D eigenvalue weighted by Crippen LogP contribution is -2.19. The molecule has 0 aliphatic heterocycles. The zero-order valence-corrected chi connectivity index (χ0v) is 12.2.